The average Bonchev–Trinajstić information content (AvgIpc) is 2.40. The smallest absolute Gasteiger partial charge is 0.230 e. The maximum Gasteiger partial charge on any atom is 0.230 e. The number of nitrogens with zero attached hydrogens (tertiary/aromatic N) is 1. The molecule has 0 fully saturated rings. The number of carbonyl (C=O) groups excluding carboxylic acids is 1. The van der Waals surface area contributed by atoms with E-state index in [0.717, 1.165) is 16.5 Å². The number of fused-ring (bicyclic) bond motifs is 1. The van der Waals surface area contributed by atoms with Crippen molar-refractivity contribution in [1.82, 2.24) is 4.90 Å². The monoisotopic (exact) mass is 329 g/mol. The van der Waals surface area contributed by atoms with Crippen molar-refractivity contribution >= 4 is 21.8 Å². The number of likely N-dealkylation sites (N-methyl/N-ethyl adjacent to an activating group) is 1. The third-order valence-corrected chi connectivity index (χ3v) is 4.33. The molecule has 1 unspecified atom stereocenters. The van der Waals surface area contributed by atoms with Crippen molar-refractivity contribution < 1.29 is 4.79 Å². The van der Waals surface area contributed by atoms with Gasteiger partial charge in [0.2, 0.25) is 5.91 Å². The number of benzene rings is 2. The second-order valence-corrected chi connectivity index (χ2v) is 6.20. The first kappa shape index (κ1) is 13.4. The SMILES string of the molecule is CN(Cc1cccc(Br)c1)C(=O)C1Cc2ccccc21. The minimum absolute atomic E-state index is 0.0448. The number of amides is 1. The van der Waals surface area contributed by atoms with Crippen molar-refractivity contribution in [3.05, 3.63) is 69.7 Å². The van der Waals surface area contributed by atoms with Crippen LogP contribution in [0, 0.1) is 0 Å². The van der Waals surface area contributed by atoms with E-state index in [1.165, 1.54) is 11.1 Å². The summed E-state index contributed by atoms with van der Waals surface area (Å²) >= 11 is 3.46. The van der Waals surface area contributed by atoms with Gasteiger partial charge in [-0.3, -0.25) is 4.79 Å². The highest BCUT2D eigenvalue weighted by Gasteiger charge is 2.33. The lowest BCUT2D eigenvalue weighted by Crippen LogP contribution is -2.36. The van der Waals surface area contributed by atoms with Gasteiger partial charge in [-0.25, -0.2) is 0 Å². The minimum atomic E-state index is 0.0448. The standard InChI is InChI=1S/C17H16BrNO/c1-19(11-12-5-4-7-14(18)9-12)17(20)16-10-13-6-2-3-8-15(13)16/h2-9,16H,10-11H2,1H3. The predicted molar refractivity (Wildman–Crippen MR) is 83.5 cm³/mol. The van der Waals surface area contributed by atoms with Gasteiger partial charge in [0.05, 0.1) is 5.92 Å². The zero-order valence-electron chi connectivity index (χ0n) is 11.3. The van der Waals surface area contributed by atoms with E-state index in [0.29, 0.717) is 6.54 Å². The van der Waals surface area contributed by atoms with E-state index in [1.54, 1.807) is 0 Å². The summed E-state index contributed by atoms with van der Waals surface area (Å²) in [4.78, 5) is 14.3. The molecule has 0 N–H and O–H groups in total. The van der Waals surface area contributed by atoms with Crippen LogP contribution in [0.3, 0.4) is 0 Å². The first-order chi connectivity index (χ1) is 9.65. The van der Waals surface area contributed by atoms with E-state index in [9.17, 15) is 4.79 Å². The van der Waals surface area contributed by atoms with Gasteiger partial charge in [-0.05, 0) is 35.2 Å². The van der Waals surface area contributed by atoms with Crippen LogP contribution >= 0.6 is 15.9 Å². The molecule has 2 nitrogen and oxygen atoms in total. The second kappa shape index (κ2) is 5.41. The topological polar surface area (TPSA) is 20.3 Å². The Morgan fingerprint density at radius 1 is 1.25 bits per heavy atom. The lowest BCUT2D eigenvalue weighted by atomic mass is 9.77. The van der Waals surface area contributed by atoms with Crippen LogP contribution in [-0.4, -0.2) is 17.9 Å². The van der Waals surface area contributed by atoms with E-state index < -0.39 is 0 Å². The van der Waals surface area contributed by atoms with Crippen LogP contribution in [-0.2, 0) is 17.8 Å². The first-order valence-electron chi connectivity index (χ1n) is 6.72. The van der Waals surface area contributed by atoms with Crippen LogP contribution in [0.25, 0.3) is 0 Å². The van der Waals surface area contributed by atoms with E-state index in [1.807, 2.05) is 42.3 Å². The number of halogens is 1. The molecule has 2 aromatic carbocycles. The fourth-order valence-electron chi connectivity index (χ4n) is 2.73. The molecule has 0 aromatic heterocycles. The van der Waals surface area contributed by atoms with Crippen molar-refractivity contribution in [2.45, 2.75) is 18.9 Å². The fraction of sp³-hybridized carbons (Fsp3) is 0.235. The lowest BCUT2D eigenvalue weighted by molar-refractivity contribution is -0.132. The van der Waals surface area contributed by atoms with Crippen LogP contribution in [0.15, 0.2) is 53.0 Å². The van der Waals surface area contributed by atoms with Gasteiger partial charge in [-0.2, -0.15) is 0 Å². The Hall–Kier alpha value is -1.61. The minimum Gasteiger partial charge on any atom is -0.341 e. The summed E-state index contributed by atoms with van der Waals surface area (Å²) in [7, 11) is 1.88. The Kier molecular flexibility index (Phi) is 3.62. The molecule has 0 heterocycles. The molecule has 3 rings (SSSR count). The van der Waals surface area contributed by atoms with Gasteiger partial charge >= 0.3 is 0 Å². The molecular weight excluding hydrogens is 314 g/mol. The normalized spacial score (nSPS) is 16.2. The average molecular weight is 330 g/mol. The van der Waals surface area contributed by atoms with E-state index in [2.05, 4.69) is 34.1 Å². The number of hydrogen-bond donors (Lipinski definition) is 0. The Morgan fingerprint density at radius 2 is 2.05 bits per heavy atom. The molecule has 2 aromatic rings. The summed E-state index contributed by atoms with van der Waals surface area (Å²) < 4.78 is 1.05. The highest BCUT2D eigenvalue weighted by Crippen LogP contribution is 2.36. The number of rotatable bonds is 3. The number of hydrogen-bond acceptors (Lipinski definition) is 1. The zero-order valence-corrected chi connectivity index (χ0v) is 12.9. The molecule has 3 heteroatoms. The summed E-state index contributed by atoms with van der Waals surface area (Å²) in [5, 5.41) is 0. The Balaban J connectivity index is 1.70. The van der Waals surface area contributed by atoms with Crippen LogP contribution in [0.4, 0.5) is 0 Å². The van der Waals surface area contributed by atoms with Crippen molar-refractivity contribution in [2.75, 3.05) is 7.05 Å². The molecule has 0 bridgehead atoms. The molecule has 0 spiro atoms. The lowest BCUT2D eigenvalue weighted by Gasteiger charge is -2.32. The van der Waals surface area contributed by atoms with Crippen molar-refractivity contribution in [3.63, 3.8) is 0 Å². The first-order valence-corrected chi connectivity index (χ1v) is 7.51. The van der Waals surface area contributed by atoms with Crippen molar-refractivity contribution in [1.29, 1.82) is 0 Å². The molecule has 0 saturated heterocycles. The molecule has 1 amide bonds. The zero-order chi connectivity index (χ0) is 14.1. The highest BCUT2D eigenvalue weighted by atomic mass is 79.9. The Labute approximate surface area is 127 Å². The summed E-state index contributed by atoms with van der Waals surface area (Å²) in [6.45, 7) is 0.650. The van der Waals surface area contributed by atoms with Gasteiger partial charge in [0.1, 0.15) is 0 Å². The van der Waals surface area contributed by atoms with Gasteiger partial charge < -0.3 is 4.90 Å². The largest absolute Gasteiger partial charge is 0.341 e. The van der Waals surface area contributed by atoms with Crippen LogP contribution in [0.5, 0.6) is 0 Å². The second-order valence-electron chi connectivity index (χ2n) is 5.28. The maximum absolute atomic E-state index is 12.5. The quantitative estimate of drug-likeness (QED) is 0.839. The third-order valence-electron chi connectivity index (χ3n) is 3.84. The van der Waals surface area contributed by atoms with Crippen molar-refractivity contribution in [3.8, 4) is 0 Å². The summed E-state index contributed by atoms with van der Waals surface area (Å²) in [6.07, 6.45) is 0.873. The molecule has 0 radical (unpaired) electrons. The van der Waals surface area contributed by atoms with Gasteiger partial charge in [-0.15, -0.1) is 0 Å². The summed E-state index contributed by atoms with van der Waals surface area (Å²) in [5.74, 6) is 0.257. The van der Waals surface area contributed by atoms with Gasteiger partial charge in [0, 0.05) is 18.1 Å². The molecular formula is C17H16BrNO. The molecule has 20 heavy (non-hydrogen) atoms. The molecule has 0 saturated carbocycles. The Morgan fingerprint density at radius 3 is 2.80 bits per heavy atom. The molecule has 1 aliphatic carbocycles. The summed E-state index contributed by atoms with van der Waals surface area (Å²) in [6, 6.07) is 16.3. The third kappa shape index (κ3) is 2.50. The Bertz CT molecular complexity index is 653. The summed E-state index contributed by atoms with van der Waals surface area (Å²) in [5.41, 5.74) is 3.64. The van der Waals surface area contributed by atoms with Gasteiger partial charge in [0.25, 0.3) is 0 Å². The van der Waals surface area contributed by atoms with E-state index in [-0.39, 0.29) is 11.8 Å². The number of carbonyl (C=O) groups is 1. The fourth-order valence-corrected chi connectivity index (χ4v) is 3.18. The maximum atomic E-state index is 12.5. The van der Waals surface area contributed by atoms with Crippen molar-refractivity contribution in [2.24, 2.45) is 0 Å². The van der Waals surface area contributed by atoms with E-state index >= 15 is 0 Å². The molecule has 102 valence electrons. The van der Waals surface area contributed by atoms with E-state index in [4.69, 9.17) is 0 Å². The highest BCUT2D eigenvalue weighted by molar-refractivity contribution is 9.10. The van der Waals surface area contributed by atoms with Crippen LogP contribution in [0.1, 0.15) is 22.6 Å². The molecule has 1 atom stereocenters. The van der Waals surface area contributed by atoms with Gasteiger partial charge in [0.15, 0.2) is 0 Å². The molecule has 0 aliphatic heterocycles. The van der Waals surface area contributed by atoms with Crippen LogP contribution in [0.2, 0.25) is 0 Å². The van der Waals surface area contributed by atoms with Crippen LogP contribution < -0.4 is 0 Å². The molecule has 1 aliphatic rings. The predicted octanol–water partition coefficient (Wildman–Crippen LogP) is 3.75. The van der Waals surface area contributed by atoms with Gasteiger partial charge in [-0.1, -0.05) is 52.3 Å².